The van der Waals surface area contributed by atoms with Crippen molar-refractivity contribution in [3.8, 4) is 5.75 Å². The minimum Gasteiger partial charge on any atom is -0.497 e. The highest BCUT2D eigenvalue weighted by Gasteiger charge is 2.36. The number of carbonyl (C=O) groups is 1. The van der Waals surface area contributed by atoms with E-state index in [1.165, 1.54) is 0 Å². The molecule has 0 spiro atoms. The zero-order valence-corrected chi connectivity index (χ0v) is 14.1. The van der Waals surface area contributed by atoms with Crippen LogP contribution in [0, 0.1) is 5.92 Å². The normalized spacial score (nSPS) is 23.8. The quantitative estimate of drug-likeness (QED) is 0.815. The molecule has 23 heavy (non-hydrogen) atoms. The second-order valence-electron chi connectivity index (χ2n) is 6.11. The number of ether oxygens (including phenoxy) is 1. The Morgan fingerprint density at radius 3 is 2.57 bits per heavy atom. The molecule has 0 aromatic heterocycles. The number of amides is 1. The highest BCUT2D eigenvalue weighted by Crippen LogP contribution is 2.24. The number of carbonyl (C=O) groups excluding carboxylic acids is 1. The molecule has 1 amide bonds. The summed E-state index contributed by atoms with van der Waals surface area (Å²) in [6.45, 7) is 2.76. The number of rotatable bonds is 3. The van der Waals surface area contributed by atoms with Crippen LogP contribution in [0.5, 0.6) is 5.75 Å². The summed E-state index contributed by atoms with van der Waals surface area (Å²) in [7, 11) is -1.37. The third-order valence-corrected chi connectivity index (χ3v) is 6.36. The molecule has 126 valence electrons. The molecule has 0 radical (unpaired) electrons. The SMILES string of the molecule is COc1cccc(N2CCN(C(=O)[C@H]3CCS(=O)(=O)C3)CC2)c1. The lowest BCUT2D eigenvalue weighted by atomic mass is 10.1. The number of hydrogen-bond donors (Lipinski definition) is 0. The summed E-state index contributed by atoms with van der Waals surface area (Å²) in [6, 6.07) is 7.88. The Bertz CT molecular complexity index is 681. The van der Waals surface area contributed by atoms with Gasteiger partial charge in [0.1, 0.15) is 5.75 Å². The molecule has 0 unspecified atom stereocenters. The molecule has 2 aliphatic heterocycles. The van der Waals surface area contributed by atoms with Gasteiger partial charge in [0, 0.05) is 37.9 Å². The standard InChI is InChI=1S/C16H22N2O4S/c1-22-15-4-2-3-14(11-15)17-6-8-18(9-7-17)16(19)13-5-10-23(20,21)12-13/h2-4,11,13H,5-10,12H2,1H3/t13-/m0/s1. The molecule has 2 saturated heterocycles. The van der Waals surface area contributed by atoms with E-state index < -0.39 is 9.84 Å². The van der Waals surface area contributed by atoms with Crippen LogP contribution in [0.1, 0.15) is 6.42 Å². The second-order valence-corrected chi connectivity index (χ2v) is 8.34. The maximum Gasteiger partial charge on any atom is 0.226 e. The molecule has 6 nitrogen and oxygen atoms in total. The Kier molecular flexibility index (Phi) is 4.48. The van der Waals surface area contributed by atoms with E-state index in [0.29, 0.717) is 19.5 Å². The van der Waals surface area contributed by atoms with Crippen LogP contribution in [0.3, 0.4) is 0 Å². The Morgan fingerprint density at radius 1 is 1.22 bits per heavy atom. The summed E-state index contributed by atoms with van der Waals surface area (Å²) in [6.07, 6.45) is 0.470. The first-order valence-corrected chi connectivity index (χ1v) is 9.69. The van der Waals surface area contributed by atoms with Gasteiger partial charge in [0.15, 0.2) is 9.84 Å². The van der Waals surface area contributed by atoms with Crippen LogP contribution in [0.4, 0.5) is 5.69 Å². The highest BCUT2D eigenvalue weighted by molar-refractivity contribution is 7.91. The Morgan fingerprint density at radius 2 is 1.96 bits per heavy atom. The van der Waals surface area contributed by atoms with Gasteiger partial charge >= 0.3 is 0 Å². The smallest absolute Gasteiger partial charge is 0.226 e. The maximum atomic E-state index is 12.5. The number of sulfone groups is 1. The van der Waals surface area contributed by atoms with Crippen molar-refractivity contribution in [3.05, 3.63) is 24.3 Å². The van der Waals surface area contributed by atoms with Gasteiger partial charge in [-0.3, -0.25) is 4.79 Å². The van der Waals surface area contributed by atoms with Gasteiger partial charge in [-0.1, -0.05) is 6.07 Å². The first kappa shape index (κ1) is 16.1. The minimum absolute atomic E-state index is 0.00336. The summed E-state index contributed by atoms with van der Waals surface area (Å²) in [5, 5.41) is 0. The highest BCUT2D eigenvalue weighted by atomic mass is 32.2. The summed E-state index contributed by atoms with van der Waals surface area (Å²) in [4.78, 5) is 16.5. The van der Waals surface area contributed by atoms with Gasteiger partial charge < -0.3 is 14.5 Å². The fourth-order valence-corrected chi connectivity index (χ4v) is 4.97. The summed E-state index contributed by atoms with van der Waals surface area (Å²) >= 11 is 0. The second kappa shape index (κ2) is 6.39. The Hall–Kier alpha value is -1.76. The van der Waals surface area contributed by atoms with E-state index in [-0.39, 0.29) is 23.3 Å². The Balaban J connectivity index is 1.59. The van der Waals surface area contributed by atoms with Crippen LogP contribution in [-0.2, 0) is 14.6 Å². The summed E-state index contributed by atoms with van der Waals surface area (Å²) < 4.78 is 28.3. The lowest BCUT2D eigenvalue weighted by Crippen LogP contribution is -2.50. The van der Waals surface area contributed by atoms with Crippen molar-refractivity contribution < 1.29 is 17.9 Å². The average Bonchev–Trinajstić information content (AvgIpc) is 2.94. The molecule has 0 bridgehead atoms. The number of methoxy groups -OCH3 is 1. The molecule has 1 aromatic carbocycles. The molecule has 2 fully saturated rings. The van der Waals surface area contributed by atoms with Crippen molar-refractivity contribution in [1.29, 1.82) is 0 Å². The predicted molar refractivity (Wildman–Crippen MR) is 88.5 cm³/mol. The maximum absolute atomic E-state index is 12.5. The molecule has 0 N–H and O–H groups in total. The average molecular weight is 338 g/mol. The lowest BCUT2D eigenvalue weighted by molar-refractivity contribution is -0.135. The van der Waals surface area contributed by atoms with Gasteiger partial charge in [0.2, 0.25) is 5.91 Å². The fraction of sp³-hybridized carbons (Fsp3) is 0.562. The van der Waals surface area contributed by atoms with Gasteiger partial charge in [-0.05, 0) is 18.6 Å². The first-order chi connectivity index (χ1) is 11.0. The molecule has 3 rings (SSSR count). The van der Waals surface area contributed by atoms with Crippen LogP contribution in [0.25, 0.3) is 0 Å². The van der Waals surface area contributed by atoms with Gasteiger partial charge in [0.05, 0.1) is 24.5 Å². The van der Waals surface area contributed by atoms with Crippen molar-refractivity contribution in [2.45, 2.75) is 6.42 Å². The van der Waals surface area contributed by atoms with E-state index >= 15 is 0 Å². The first-order valence-electron chi connectivity index (χ1n) is 7.87. The van der Waals surface area contributed by atoms with Gasteiger partial charge in [0.25, 0.3) is 0 Å². The van der Waals surface area contributed by atoms with Gasteiger partial charge in [-0.15, -0.1) is 0 Å². The molecule has 0 aliphatic carbocycles. The number of nitrogens with zero attached hydrogens (tertiary/aromatic N) is 2. The van der Waals surface area contributed by atoms with Crippen LogP contribution in [0.2, 0.25) is 0 Å². The van der Waals surface area contributed by atoms with Crippen molar-refractivity contribution in [2.75, 3.05) is 49.7 Å². The van der Waals surface area contributed by atoms with E-state index in [1.54, 1.807) is 7.11 Å². The molecule has 2 heterocycles. The largest absolute Gasteiger partial charge is 0.497 e. The van der Waals surface area contributed by atoms with E-state index in [1.807, 2.05) is 29.2 Å². The van der Waals surface area contributed by atoms with Crippen LogP contribution >= 0.6 is 0 Å². The minimum atomic E-state index is -3.01. The third kappa shape index (κ3) is 3.60. The zero-order chi connectivity index (χ0) is 16.4. The summed E-state index contributed by atoms with van der Waals surface area (Å²) in [5.74, 6) is 0.631. The van der Waals surface area contributed by atoms with Crippen LogP contribution in [0.15, 0.2) is 24.3 Å². The van der Waals surface area contributed by atoms with Crippen molar-refractivity contribution >= 4 is 21.4 Å². The molecule has 7 heteroatoms. The van der Waals surface area contributed by atoms with Crippen LogP contribution in [-0.4, -0.2) is 64.0 Å². The molecule has 1 atom stereocenters. The predicted octanol–water partition coefficient (Wildman–Crippen LogP) is 0.778. The number of anilines is 1. The summed E-state index contributed by atoms with van der Waals surface area (Å²) in [5.41, 5.74) is 1.08. The number of piperazine rings is 1. The van der Waals surface area contributed by atoms with Crippen LogP contribution < -0.4 is 9.64 Å². The van der Waals surface area contributed by atoms with Crippen molar-refractivity contribution in [1.82, 2.24) is 4.90 Å². The van der Waals surface area contributed by atoms with E-state index in [4.69, 9.17) is 4.74 Å². The molecular weight excluding hydrogens is 316 g/mol. The Labute approximate surface area is 136 Å². The zero-order valence-electron chi connectivity index (χ0n) is 13.3. The van der Waals surface area contributed by atoms with Gasteiger partial charge in [-0.2, -0.15) is 0 Å². The van der Waals surface area contributed by atoms with E-state index in [9.17, 15) is 13.2 Å². The molecule has 1 aromatic rings. The van der Waals surface area contributed by atoms with E-state index in [2.05, 4.69) is 4.90 Å². The van der Waals surface area contributed by atoms with Gasteiger partial charge in [-0.25, -0.2) is 8.42 Å². The lowest BCUT2D eigenvalue weighted by Gasteiger charge is -2.37. The fourth-order valence-electron chi connectivity index (χ4n) is 3.24. The topological polar surface area (TPSA) is 66.9 Å². The molecule has 2 aliphatic rings. The molecular formula is C16H22N2O4S. The molecule has 0 saturated carbocycles. The number of benzene rings is 1. The number of hydrogen-bond acceptors (Lipinski definition) is 5. The van der Waals surface area contributed by atoms with Crippen molar-refractivity contribution in [3.63, 3.8) is 0 Å². The monoisotopic (exact) mass is 338 g/mol. The third-order valence-electron chi connectivity index (χ3n) is 4.59. The van der Waals surface area contributed by atoms with Crippen molar-refractivity contribution in [2.24, 2.45) is 5.92 Å². The van der Waals surface area contributed by atoms with E-state index in [0.717, 1.165) is 24.5 Å².